The van der Waals surface area contributed by atoms with Crippen LogP contribution in [0.4, 0.5) is 0 Å². The van der Waals surface area contributed by atoms with E-state index in [-0.39, 0.29) is 22.6 Å². The van der Waals surface area contributed by atoms with Crippen LogP contribution in [0.2, 0.25) is 0 Å². The first kappa shape index (κ1) is 23.9. The summed E-state index contributed by atoms with van der Waals surface area (Å²) in [4.78, 5) is 31.3. The quantitative estimate of drug-likeness (QED) is 0.697. The molecule has 0 spiro atoms. The highest BCUT2D eigenvalue weighted by Gasteiger charge is 2.33. The van der Waals surface area contributed by atoms with E-state index < -0.39 is 10.0 Å². The predicted molar refractivity (Wildman–Crippen MR) is 130 cm³/mol. The van der Waals surface area contributed by atoms with Crippen molar-refractivity contribution in [1.82, 2.24) is 14.5 Å². The van der Waals surface area contributed by atoms with Gasteiger partial charge in [-0.25, -0.2) is 13.1 Å². The number of piperidine rings is 2. The average molecular weight is 490 g/mol. The number of sulfonamides is 1. The number of likely N-dealkylation sites (tertiary alicyclic amines) is 2. The maximum Gasteiger partial charge on any atom is 0.254 e. The number of carbonyl (C=O) groups excluding carboxylic acids is 2. The summed E-state index contributed by atoms with van der Waals surface area (Å²) >= 11 is 1.51. The predicted octanol–water partition coefficient (Wildman–Crippen LogP) is 3.43. The average Bonchev–Trinajstić information content (AvgIpc) is 3.38. The smallest absolute Gasteiger partial charge is 0.254 e. The van der Waals surface area contributed by atoms with Crippen LogP contribution in [0, 0.1) is 11.8 Å². The number of nitrogens with one attached hydrogen (secondary N) is 1. The molecule has 0 radical (unpaired) electrons. The Labute approximate surface area is 199 Å². The summed E-state index contributed by atoms with van der Waals surface area (Å²) in [7, 11) is -2.32. The van der Waals surface area contributed by atoms with Crippen molar-refractivity contribution in [2.24, 2.45) is 11.8 Å². The topological polar surface area (TPSA) is 86.8 Å². The highest BCUT2D eigenvalue weighted by Crippen LogP contribution is 2.32. The van der Waals surface area contributed by atoms with Gasteiger partial charge in [-0.2, -0.15) is 0 Å². The Morgan fingerprint density at radius 2 is 1.82 bits per heavy atom. The van der Waals surface area contributed by atoms with Gasteiger partial charge in [0.15, 0.2) is 0 Å². The van der Waals surface area contributed by atoms with Crippen LogP contribution >= 0.6 is 11.3 Å². The zero-order valence-electron chi connectivity index (χ0n) is 19.1. The molecule has 2 amide bonds. The molecule has 0 saturated carbocycles. The van der Waals surface area contributed by atoms with Crippen LogP contribution in [0.1, 0.15) is 43.0 Å². The highest BCUT2D eigenvalue weighted by molar-refractivity contribution is 7.89. The molecule has 2 saturated heterocycles. The molecule has 0 bridgehead atoms. The fourth-order valence-electron chi connectivity index (χ4n) is 4.78. The lowest BCUT2D eigenvalue weighted by Crippen LogP contribution is -2.47. The lowest BCUT2D eigenvalue weighted by atomic mass is 9.92. The van der Waals surface area contributed by atoms with Gasteiger partial charge in [0.1, 0.15) is 0 Å². The van der Waals surface area contributed by atoms with Gasteiger partial charge in [0, 0.05) is 48.1 Å². The number of benzene rings is 1. The van der Waals surface area contributed by atoms with E-state index in [0.717, 1.165) is 30.0 Å². The summed E-state index contributed by atoms with van der Waals surface area (Å²) < 4.78 is 27.0. The molecule has 33 heavy (non-hydrogen) atoms. The number of rotatable bonds is 5. The minimum absolute atomic E-state index is 0.0490. The molecule has 2 fully saturated rings. The Morgan fingerprint density at radius 3 is 2.45 bits per heavy atom. The Hall–Kier alpha value is -2.23. The van der Waals surface area contributed by atoms with Crippen molar-refractivity contribution in [1.29, 1.82) is 0 Å². The van der Waals surface area contributed by atoms with Crippen LogP contribution in [0.15, 0.2) is 40.6 Å². The van der Waals surface area contributed by atoms with Gasteiger partial charge in [-0.3, -0.25) is 9.59 Å². The number of nitrogens with zero attached hydrogens (tertiary/aromatic N) is 2. The van der Waals surface area contributed by atoms with Gasteiger partial charge in [0.25, 0.3) is 5.91 Å². The molecule has 1 unspecified atom stereocenters. The molecule has 1 aromatic carbocycles. The van der Waals surface area contributed by atoms with Gasteiger partial charge in [-0.1, -0.05) is 19.1 Å². The maximum absolute atomic E-state index is 13.5. The molecule has 2 aromatic rings. The van der Waals surface area contributed by atoms with Crippen molar-refractivity contribution in [2.45, 2.75) is 37.5 Å². The number of hydrogen-bond acceptors (Lipinski definition) is 5. The van der Waals surface area contributed by atoms with E-state index >= 15 is 0 Å². The van der Waals surface area contributed by atoms with Gasteiger partial charge in [0.2, 0.25) is 15.9 Å². The summed E-state index contributed by atoms with van der Waals surface area (Å²) in [5.74, 6) is 0.521. The maximum atomic E-state index is 13.5. The number of thiophene rings is 1. The molecule has 0 aliphatic carbocycles. The van der Waals surface area contributed by atoms with E-state index in [9.17, 15) is 18.0 Å². The fraction of sp³-hybridized carbons (Fsp3) is 0.500. The Bertz CT molecular complexity index is 1110. The second-order valence-electron chi connectivity index (χ2n) is 8.99. The molecule has 9 heteroatoms. The van der Waals surface area contributed by atoms with E-state index in [1.54, 1.807) is 11.0 Å². The molecule has 3 heterocycles. The van der Waals surface area contributed by atoms with Crippen LogP contribution in [-0.2, 0) is 14.8 Å². The molecule has 2 aliphatic heterocycles. The van der Waals surface area contributed by atoms with E-state index in [2.05, 4.69) is 11.6 Å². The van der Waals surface area contributed by atoms with Crippen LogP contribution in [0.5, 0.6) is 0 Å². The van der Waals surface area contributed by atoms with Crippen LogP contribution in [-0.4, -0.2) is 63.3 Å². The standard InChI is InChI=1S/C24H31N3O4S2/c1-17-5-3-11-27(16-17)23(28)18-9-12-26(13-10-18)24(29)21-15-19(33(30,31)25-2)7-8-20(21)22-6-4-14-32-22/h4,6-8,14-15,17-18,25H,3,5,9-13,16H2,1-2H3. The largest absolute Gasteiger partial charge is 0.342 e. The highest BCUT2D eigenvalue weighted by atomic mass is 32.2. The lowest BCUT2D eigenvalue weighted by Gasteiger charge is -2.37. The number of hydrogen-bond donors (Lipinski definition) is 1. The van der Waals surface area contributed by atoms with Gasteiger partial charge < -0.3 is 9.80 Å². The van der Waals surface area contributed by atoms with Gasteiger partial charge >= 0.3 is 0 Å². The molecular weight excluding hydrogens is 458 g/mol. The van der Waals surface area contributed by atoms with Crippen molar-refractivity contribution in [2.75, 3.05) is 33.2 Å². The normalized spacial score (nSPS) is 20.1. The summed E-state index contributed by atoms with van der Waals surface area (Å²) in [5, 5.41) is 1.93. The van der Waals surface area contributed by atoms with Gasteiger partial charge in [0.05, 0.1) is 4.90 Å². The summed E-state index contributed by atoms with van der Waals surface area (Å²) in [6.45, 7) is 4.83. The van der Waals surface area contributed by atoms with Crippen molar-refractivity contribution in [3.8, 4) is 10.4 Å². The molecular formula is C24H31N3O4S2. The van der Waals surface area contributed by atoms with Crippen molar-refractivity contribution in [3.63, 3.8) is 0 Å². The van der Waals surface area contributed by atoms with E-state index in [0.29, 0.717) is 37.4 Å². The molecule has 1 N–H and O–H groups in total. The first-order chi connectivity index (χ1) is 15.8. The van der Waals surface area contributed by atoms with Crippen molar-refractivity contribution in [3.05, 3.63) is 41.3 Å². The van der Waals surface area contributed by atoms with Crippen LogP contribution < -0.4 is 4.72 Å². The first-order valence-electron chi connectivity index (χ1n) is 11.5. The Morgan fingerprint density at radius 1 is 1.06 bits per heavy atom. The van der Waals surface area contributed by atoms with Gasteiger partial charge in [-0.15, -0.1) is 11.3 Å². The van der Waals surface area contributed by atoms with E-state index in [1.165, 1.54) is 36.9 Å². The number of carbonyl (C=O) groups is 2. The SMILES string of the molecule is CNS(=O)(=O)c1ccc(-c2cccs2)c(C(=O)N2CCC(C(=O)N3CCCC(C)C3)CC2)c1. The molecule has 4 rings (SSSR count). The van der Waals surface area contributed by atoms with Gasteiger partial charge in [-0.05, 0) is 62.2 Å². The third-order valence-corrected chi connectivity index (χ3v) is 9.00. The monoisotopic (exact) mass is 489 g/mol. The third-order valence-electron chi connectivity index (χ3n) is 6.69. The lowest BCUT2D eigenvalue weighted by molar-refractivity contribution is -0.138. The molecule has 2 aliphatic rings. The third kappa shape index (κ3) is 5.15. The molecule has 1 atom stereocenters. The first-order valence-corrected chi connectivity index (χ1v) is 13.9. The fourth-order valence-corrected chi connectivity index (χ4v) is 6.30. The Balaban J connectivity index is 1.52. The molecule has 7 nitrogen and oxygen atoms in total. The summed E-state index contributed by atoms with van der Waals surface area (Å²) in [5.41, 5.74) is 1.11. The zero-order valence-corrected chi connectivity index (χ0v) is 20.8. The van der Waals surface area contributed by atoms with Crippen molar-refractivity contribution >= 4 is 33.2 Å². The van der Waals surface area contributed by atoms with Crippen LogP contribution in [0.25, 0.3) is 10.4 Å². The second kappa shape index (κ2) is 9.95. The number of amides is 2. The van der Waals surface area contributed by atoms with E-state index in [4.69, 9.17) is 0 Å². The summed E-state index contributed by atoms with van der Waals surface area (Å²) in [6, 6.07) is 8.54. The zero-order chi connectivity index (χ0) is 23.6. The minimum Gasteiger partial charge on any atom is -0.342 e. The van der Waals surface area contributed by atoms with E-state index in [1.807, 2.05) is 22.4 Å². The van der Waals surface area contributed by atoms with Crippen LogP contribution in [0.3, 0.4) is 0 Å². The summed E-state index contributed by atoms with van der Waals surface area (Å²) in [6.07, 6.45) is 3.50. The Kier molecular flexibility index (Phi) is 7.21. The second-order valence-corrected chi connectivity index (χ2v) is 11.8. The minimum atomic E-state index is -3.68. The van der Waals surface area contributed by atoms with Crippen molar-refractivity contribution < 1.29 is 18.0 Å². The molecule has 178 valence electrons. The molecule has 1 aromatic heterocycles.